The van der Waals surface area contributed by atoms with Crippen molar-refractivity contribution >= 4 is 5.91 Å². The molecule has 3 rings (SSSR count). The maximum Gasteiger partial charge on any atom is 0.244 e. The number of rotatable bonds is 5. The summed E-state index contributed by atoms with van der Waals surface area (Å²) in [5.41, 5.74) is -0.159. The van der Waals surface area contributed by atoms with Crippen molar-refractivity contribution < 1.29 is 4.79 Å². The van der Waals surface area contributed by atoms with Gasteiger partial charge in [-0.1, -0.05) is 20.3 Å². The molecule has 1 amide bonds. The molecule has 0 bridgehead atoms. The van der Waals surface area contributed by atoms with Crippen LogP contribution in [0.1, 0.15) is 59.3 Å². The smallest absolute Gasteiger partial charge is 0.244 e. The molecule has 1 spiro atoms. The molecule has 2 atom stereocenters. The van der Waals surface area contributed by atoms with Gasteiger partial charge in [0.2, 0.25) is 5.91 Å². The van der Waals surface area contributed by atoms with Gasteiger partial charge in [-0.2, -0.15) is 0 Å². The van der Waals surface area contributed by atoms with Gasteiger partial charge in [-0.3, -0.25) is 10.1 Å². The van der Waals surface area contributed by atoms with E-state index in [1.807, 2.05) is 0 Å². The Labute approximate surface area is 129 Å². The topological polar surface area (TPSA) is 35.6 Å². The van der Waals surface area contributed by atoms with E-state index in [-0.39, 0.29) is 11.7 Å². The fourth-order valence-corrected chi connectivity index (χ4v) is 4.01. The van der Waals surface area contributed by atoms with Crippen LogP contribution in [0.4, 0.5) is 0 Å². The number of likely N-dealkylation sites (tertiary alicyclic amines) is 1. The molecular formula is C17H31N3O. The Morgan fingerprint density at radius 1 is 1.29 bits per heavy atom. The van der Waals surface area contributed by atoms with E-state index >= 15 is 0 Å². The van der Waals surface area contributed by atoms with Crippen molar-refractivity contribution in [2.45, 2.75) is 77.0 Å². The molecule has 2 aliphatic heterocycles. The number of amides is 1. The van der Waals surface area contributed by atoms with Crippen molar-refractivity contribution in [3.05, 3.63) is 0 Å². The fourth-order valence-electron chi connectivity index (χ4n) is 4.01. The Morgan fingerprint density at radius 3 is 2.67 bits per heavy atom. The Bertz CT molecular complexity index is 391. The summed E-state index contributed by atoms with van der Waals surface area (Å²) >= 11 is 0. The van der Waals surface area contributed by atoms with Gasteiger partial charge in [0.1, 0.15) is 0 Å². The highest BCUT2D eigenvalue weighted by Crippen LogP contribution is 2.43. The van der Waals surface area contributed by atoms with E-state index in [2.05, 4.69) is 35.9 Å². The molecule has 2 saturated heterocycles. The van der Waals surface area contributed by atoms with Crippen LogP contribution in [0, 0.1) is 5.92 Å². The first-order chi connectivity index (χ1) is 10.0. The summed E-state index contributed by atoms with van der Waals surface area (Å²) in [5, 5.41) is 3.60. The first-order valence-electron chi connectivity index (χ1n) is 8.86. The molecule has 0 radical (unpaired) electrons. The lowest BCUT2D eigenvalue weighted by Crippen LogP contribution is -2.44. The normalized spacial score (nSPS) is 32.4. The Balaban J connectivity index is 1.52. The summed E-state index contributed by atoms with van der Waals surface area (Å²) in [5.74, 6) is 0.857. The molecule has 1 N–H and O–H groups in total. The third kappa shape index (κ3) is 2.98. The van der Waals surface area contributed by atoms with Gasteiger partial charge in [0.25, 0.3) is 0 Å². The lowest BCUT2D eigenvalue weighted by Gasteiger charge is -2.34. The third-order valence-corrected chi connectivity index (χ3v) is 5.60. The number of carbonyl (C=O) groups is 1. The molecule has 120 valence electrons. The molecule has 4 nitrogen and oxygen atoms in total. The Hall–Kier alpha value is -0.610. The minimum Gasteiger partial charge on any atom is -0.325 e. The predicted molar refractivity (Wildman–Crippen MR) is 84.9 cm³/mol. The van der Waals surface area contributed by atoms with Crippen molar-refractivity contribution in [2.24, 2.45) is 5.92 Å². The number of hydrogen-bond acceptors (Lipinski definition) is 3. The molecule has 3 aliphatic rings. The van der Waals surface area contributed by atoms with Gasteiger partial charge in [-0.15, -0.1) is 0 Å². The largest absolute Gasteiger partial charge is 0.325 e. The number of nitrogens with one attached hydrogen (secondary N) is 1. The first-order valence-corrected chi connectivity index (χ1v) is 8.86. The molecule has 1 aliphatic carbocycles. The third-order valence-electron chi connectivity index (χ3n) is 5.60. The summed E-state index contributed by atoms with van der Waals surface area (Å²) in [6.07, 6.45) is 7.48. The number of piperidine rings is 1. The number of carbonyl (C=O) groups excluding carboxylic acids is 1. The summed E-state index contributed by atoms with van der Waals surface area (Å²) in [7, 11) is 0. The minimum absolute atomic E-state index is 0.159. The van der Waals surface area contributed by atoms with Crippen LogP contribution in [0.3, 0.4) is 0 Å². The number of hydrogen-bond donors (Lipinski definition) is 1. The summed E-state index contributed by atoms with van der Waals surface area (Å²) in [4.78, 5) is 17.3. The molecular weight excluding hydrogens is 262 g/mol. The van der Waals surface area contributed by atoms with Gasteiger partial charge < -0.3 is 9.80 Å². The monoisotopic (exact) mass is 293 g/mol. The van der Waals surface area contributed by atoms with E-state index in [0.717, 1.165) is 38.4 Å². The van der Waals surface area contributed by atoms with Gasteiger partial charge in [-0.05, 0) is 51.5 Å². The van der Waals surface area contributed by atoms with Crippen LogP contribution in [0.2, 0.25) is 0 Å². The molecule has 0 aromatic rings. The van der Waals surface area contributed by atoms with Crippen molar-refractivity contribution in [3.8, 4) is 0 Å². The quantitative estimate of drug-likeness (QED) is 0.844. The number of nitrogens with zero attached hydrogens (tertiary/aromatic N) is 2. The van der Waals surface area contributed by atoms with Crippen LogP contribution in [0.25, 0.3) is 0 Å². The van der Waals surface area contributed by atoms with E-state index < -0.39 is 0 Å². The average Bonchev–Trinajstić information content (AvgIpc) is 3.18. The minimum atomic E-state index is -0.159. The molecule has 0 aromatic carbocycles. The molecule has 2 heterocycles. The van der Waals surface area contributed by atoms with E-state index in [9.17, 15) is 4.79 Å². The molecule has 1 saturated carbocycles. The van der Waals surface area contributed by atoms with Gasteiger partial charge in [0.15, 0.2) is 0 Å². The van der Waals surface area contributed by atoms with Crippen molar-refractivity contribution in [1.29, 1.82) is 0 Å². The standard InChI is InChI=1S/C17H31N3O/c1-13(2)15-18-17(8-9-17)16(21)20(15)12-6-11-19-10-5-4-7-14(19)3/h13-15,18H,4-12H2,1-3H3. The van der Waals surface area contributed by atoms with Crippen molar-refractivity contribution in [2.75, 3.05) is 19.6 Å². The summed E-state index contributed by atoms with van der Waals surface area (Å²) < 4.78 is 0. The van der Waals surface area contributed by atoms with Crippen molar-refractivity contribution in [3.63, 3.8) is 0 Å². The summed E-state index contributed by atoms with van der Waals surface area (Å²) in [6.45, 7) is 10.1. The fraction of sp³-hybridized carbons (Fsp3) is 0.941. The summed E-state index contributed by atoms with van der Waals surface area (Å²) in [6, 6.07) is 0.724. The second-order valence-electron chi connectivity index (χ2n) is 7.65. The zero-order valence-corrected chi connectivity index (χ0v) is 13.9. The second-order valence-corrected chi connectivity index (χ2v) is 7.65. The predicted octanol–water partition coefficient (Wildman–Crippen LogP) is 2.20. The van der Waals surface area contributed by atoms with Gasteiger partial charge >= 0.3 is 0 Å². The first kappa shape index (κ1) is 15.3. The Kier molecular flexibility index (Phi) is 4.28. The van der Waals surface area contributed by atoms with Crippen LogP contribution in [0.5, 0.6) is 0 Å². The SMILES string of the molecule is CC(C)C1NC2(CC2)C(=O)N1CCCN1CCCCC1C. The van der Waals surface area contributed by atoms with E-state index in [1.54, 1.807) is 0 Å². The van der Waals surface area contributed by atoms with Crippen LogP contribution < -0.4 is 5.32 Å². The van der Waals surface area contributed by atoms with E-state index in [1.165, 1.54) is 25.8 Å². The molecule has 2 unspecified atom stereocenters. The van der Waals surface area contributed by atoms with E-state index in [4.69, 9.17) is 0 Å². The highest BCUT2D eigenvalue weighted by Gasteiger charge is 2.59. The Morgan fingerprint density at radius 2 is 2.05 bits per heavy atom. The van der Waals surface area contributed by atoms with Crippen molar-refractivity contribution in [1.82, 2.24) is 15.1 Å². The van der Waals surface area contributed by atoms with Gasteiger partial charge in [0, 0.05) is 19.1 Å². The van der Waals surface area contributed by atoms with Crippen LogP contribution in [0.15, 0.2) is 0 Å². The van der Waals surface area contributed by atoms with Crippen LogP contribution in [-0.4, -0.2) is 53.1 Å². The molecule has 4 heteroatoms. The van der Waals surface area contributed by atoms with Gasteiger partial charge in [0.05, 0.1) is 11.7 Å². The van der Waals surface area contributed by atoms with Crippen LogP contribution in [-0.2, 0) is 4.79 Å². The zero-order valence-electron chi connectivity index (χ0n) is 13.9. The highest BCUT2D eigenvalue weighted by molar-refractivity contribution is 5.91. The average molecular weight is 293 g/mol. The molecule has 0 aromatic heterocycles. The molecule has 21 heavy (non-hydrogen) atoms. The molecule has 3 fully saturated rings. The maximum absolute atomic E-state index is 12.6. The lowest BCUT2D eigenvalue weighted by atomic mass is 10.0. The van der Waals surface area contributed by atoms with E-state index in [0.29, 0.717) is 11.8 Å². The second kappa shape index (κ2) is 5.88. The van der Waals surface area contributed by atoms with Gasteiger partial charge in [-0.25, -0.2) is 0 Å². The lowest BCUT2D eigenvalue weighted by molar-refractivity contribution is -0.131. The zero-order chi connectivity index (χ0) is 15.0. The van der Waals surface area contributed by atoms with Crippen LogP contribution >= 0.6 is 0 Å². The highest BCUT2D eigenvalue weighted by atomic mass is 16.2. The maximum atomic E-state index is 12.6.